The molecule has 0 radical (unpaired) electrons. The van der Waals surface area contributed by atoms with Gasteiger partial charge < -0.3 is 9.32 Å². The first-order valence-corrected chi connectivity index (χ1v) is 9.76. The van der Waals surface area contributed by atoms with Crippen molar-refractivity contribution >= 4 is 22.6 Å². The van der Waals surface area contributed by atoms with Crippen LogP contribution in [0.2, 0.25) is 0 Å². The molecule has 146 valence electrons. The predicted octanol–water partition coefficient (Wildman–Crippen LogP) is 4.22. The number of aromatic nitrogens is 3. The number of hydrogen-bond donors (Lipinski definition) is 0. The van der Waals surface area contributed by atoms with Crippen LogP contribution in [0.4, 0.5) is 5.82 Å². The maximum atomic E-state index is 12.5. The summed E-state index contributed by atoms with van der Waals surface area (Å²) in [4.78, 5) is 28.6. The Morgan fingerprint density at radius 2 is 2.07 bits per heavy atom. The first-order valence-electron chi connectivity index (χ1n) is 9.76. The lowest BCUT2D eigenvalue weighted by atomic mass is 9.90. The van der Waals surface area contributed by atoms with E-state index in [1.165, 1.54) is 0 Å². The minimum absolute atomic E-state index is 0.0148. The van der Waals surface area contributed by atoms with E-state index in [1.807, 2.05) is 24.1 Å². The second kappa shape index (κ2) is 7.00. The van der Waals surface area contributed by atoms with Gasteiger partial charge in [-0.1, -0.05) is 20.8 Å². The minimum Gasteiger partial charge on any atom is -0.464 e. The molecule has 1 aliphatic rings. The van der Waals surface area contributed by atoms with Gasteiger partial charge >= 0.3 is 0 Å². The number of rotatable bonds is 5. The standard InChI is InChI=1S/C22H26N4O2/c1-22(2,3)11-15(27)13-26(4)21-16-6-5-7-17(16)24-20(25-21)18-10-19-14(12-23-18)8-9-28-19/h8-10,12H,5-7,11,13H2,1-4H3. The lowest BCUT2D eigenvalue weighted by Crippen LogP contribution is -2.30. The fourth-order valence-corrected chi connectivity index (χ4v) is 3.81. The third-order valence-corrected chi connectivity index (χ3v) is 4.98. The van der Waals surface area contributed by atoms with Crippen molar-refractivity contribution in [2.75, 3.05) is 18.5 Å². The first kappa shape index (κ1) is 18.6. The summed E-state index contributed by atoms with van der Waals surface area (Å²) in [5, 5.41) is 0.954. The number of anilines is 1. The van der Waals surface area contributed by atoms with Gasteiger partial charge in [-0.05, 0) is 30.7 Å². The fourth-order valence-electron chi connectivity index (χ4n) is 3.81. The normalized spacial score (nSPS) is 13.7. The summed E-state index contributed by atoms with van der Waals surface area (Å²) in [5.74, 6) is 1.65. The number of nitrogens with zero attached hydrogens (tertiary/aromatic N) is 4. The van der Waals surface area contributed by atoms with E-state index >= 15 is 0 Å². The summed E-state index contributed by atoms with van der Waals surface area (Å²) < 4.78 is 5.50. The highest BCUT2D eigenvalue weighted by atomic mass is 16.3. The lowest BCUT2D eigenvalue weighted by molar-refractivity contribution is -0.119. The van der Waals surface area contributed by atoms with Crippen LogP contribution in [0.25, 0.3) is 22.5 Å². The molecule has 0 bridgehead atoms. The minimum atomic E-state index is -0.0148. The van der Waals surface area contributed by atoms with E-state index in [4.69, 9.17) is 14.4 Å². The highest BCUT2D eigenvalue weighted by Crippen LogP contribution is 2.31. The maximum absolute atomic E-state index is 12.5. The van der Waals surface area contributed by atoms with Crippen molar-refractivity contribution in [2.45, 2.75) is 46.5 Å². The summed E-state index contributed by atoms with van der Waals surface area (Å²) in [6.45, 7) is 6.61. The largest absolute Gasteiger partial charge is 0.464 e. The molecule has 6 heteroatoms. The van der Waals surface area contributed by atoms with E-state index in [-0.39, 0.29) is 11.2 Å². The van der Waals surface area contributed by atoms with Gasteiger partial charge in [-0.15, -0.1) is 0 Å². The number of carbonyl (C=O) groups is 1. The van der Waals surface area contributed by atoms with Gasteiger partial charge in [-0.2, -0.15) is 0 Å². The van der Waals surface area contributed by atoms with Crippen LogP contribution in [0.15, 0.2) is 29.0 Å². The Morgan fingerprint density at radius 1 is 1.25 bits per heavy atom. The number of Topliss-reactive ketones (excluding diaryl/α,β-unsaturated/α-hetero) is 1. The van der Waals surface area contributed by atoms with Crippen molar-refractivity contribution in [1.82, 2.24) is 15.0 Å². The van der Waals surface area contributed by atoms with E-state index in [0.29, 0.717) is 24.5 Å². The van der Waals surface area contributed by atoms with E-state index in [0.717, 1.165) is 47.3 Å². The van der Waals surface area contributed by atoms with Crippen LogP contribution in [0.1, 0.15) is 44.9 Å². The van der Waals surface area contributed by atoms with Crippen molar-refractivity contribution < 1.29 is 9.21 Å². The van der Waals surface area contributed by atoms with E-state index in [9.17, 15) is 4.79 Å². The Morgan fingerprint density at radius 3 is 2.86 bits per heavy atom. The molecule has 4 rings (SSSR count). The molecule has 0 saturated heterocycles. The van der Waals surface area contributed by atoms with Gasteiger partial charge in [0.1, 0.15) is 17.1 Å². The predicted molar refractivity (Wildman–Crippen MR) is 109 cm³/mol. The molecule has 0 aliphatic heterocycles. The molecule has 6 nitrogen and oxygen atoms in total. The number of furan rings is 1. The molecule has 0 fully saturated rings. The number of pyridine rings is 1. The highest BCUT2D eigenvalue weighted by Gasteiger charge is 2.24. The number of ketones is 1. The summed E-state index contributed by atoms with van der Waals surface area (Å²) in [6, 6.07) is 3.76. The number of aryl methyl sites for hydroxylation is 1. The topological polar surface area (TPSA) is 72.1 Å². The average Bonchev–Trinajstić information content (AvgIpc) is 3.27. The number of hydrogen-bond acceptors (Lipinski definition) is 6. The van der Waals surface area contributed by atoms with Gasteiger partial charge in [0.05, 0.1) is 12.8 Å². The maximum Gasteiger partial charge on any atom is 0.180 e. The van der Waals surface area contributed by atoms with Gasteiger partial charge in [0.15, 0.2) is 11.6 Å². The molecule has 3 aromatic rings. The van der Waals surface area contributed by atoms with E-state index in [1.54, 1.807) is 12.5 Å². The van der Waals surface area contributed by atoms with Crippen molar-refractivity contribution in [2.24, 2.45) is 5.41 Å². The van der Waals surface area contributed by atoms with Gasteiger partial charge in [-0.3, -0.25) is 9.78 Å². The van der Waals surface area contributed by atoms with Crippen LogP contribution >= 0.6 is 0 Å². The third kappa shape index (κ3) is 3.77. The van der Waals surface area contributed by atoms with Crippen molar-refractivity contribution in [1.29, 1.82) is 0 Å². The van der Waals surface area contributed by atoms with Gasteiger partial charge in [-0.25, -0.2) is 9.97 Å². The molecule has 0 saturated carbocycles. The zero-order valence-corrected chi connectivity index (χ0v) is 17.0. The molecule has 0 unspecified atom stereocenters. The summed E-state index contributed by atoms with van der Waals surface area (Å²) in [6.07, 6.45) is 6.93. The number of likely N-dealkylation sites (N-methyl/N-ethyl adjacent to an activating group) is 1. The Bertz CT molecular complexity index is 1030. The molecule has 0 spiro atoms. The molecule has 0 aromatic carbocycles. The lowest BCUT2D eigenvalue weighted by Gasteiger charge is -2.23. The molecular weight excluding hydrogens is 352 g/mol. The molecule has 1 aliphatic carbocycles. The molecule has 3 aromatic heterocycles. The van der Waals surface area contributed by atoms with Crippen LogP contribution in [0, 0.1) is 5.41 Å². The quantitative estimate of drug-likeness (QED) is 0.662. The summed E-state index contributed by atoms with van der Waals surface area (Å²) in [7, 11) is 1.94. The Kier molecular flexibility index (Phi) is 4.65. The Hall–Kier alpha value is -2.76. The average molecular weight is 378 g/mol. The van der Waals surface area contributed by atoms with Crippen LogP contribution in [-0.2, 0) is 17.6 Å². The van der Waals surface area contributed by atoms with Gasteiger partial charge in [0, 0.05) is 42.4 Å². The zero-order valence-electron chi connectivity index (χ0n) is 17.0. The van der Waals surface area contributed by atoms with Crippen molar-refractivity contribution in [3.63, 3.8) is 0 Å². The molecule has 28 heavy (non-hydrogen) atoms. The molecule has 0 N–H and O–H groups in total. The second-order valence-corrected chi connectivity index (χ2v) is 8.81. The Labute approximate surface area is 165 Å². The van der Waals surface area contributed by atoms with E-state index < -0.39 is 0 Å². The second-order valence-electron chi connectivity index (χ2n) is 8.81. The fraction of sp³-hybridized carbons (Fsp3) is 0.455. The van der Waals surface area contributed by atoms with Crippen LogP contribution < -0.4 is 4.90 Å². The van der Waals surface area contributed by atoms with E-state index in [2.05, 4.69) is 25.8 Å². The SMILES string of the molecule is CN(CC(=O)CC(C)(C)C)c1nc(-c2cc3occc3cn2)nc2c1CCC2. The third-order valence-electron chi connectivity index (χ3n) is 4.98. The van der Waals surface area contributed by atoms with Crippen molar-refractivity contribution in [3.8, 4) is 11.5 Å². The summed E-state index contributed by atoms with van der Waals surface area (Å²) in [5.41, 5.74) is 3.67. The monoisotopic (exact) mass is 378 g/mol. The summed E-state index contributed by atoms with van der Waals surface area (Å²) >= 11 is 0. The van der Waals surface area contributed by atoms with Crippen LogP contribution in [0.5, 0.6) is 0 Å². The molecular formula is C22H26N4O2. The first-order chi connectivity index (χ1) is 13.3. The van der Waals surface area contributed by atoms with Gasteiger partial charge in [0.2, 0.25) is 0 Å². The molecule has 0 amide bonds. The van der Waals surface area contributed by atoms with Crippen molar-refractivity contribution in [3.05, 3.63) is 35.9 Å². The molecule has 3 heterocycles. The van der Waals surface area contributed by atoms with Gasteiger partial charge in [0.25, 0.3) is 0 Å². The highest BCUT2D eigenvalue weighted by molar-refractivity contribution is 5.84. The molecule has 0 atom stereocenters. The van der Waals surface area contributed by atoms with Crippen LogP contribution in [-0.4, -0.2) is 34.3 Å². The Balaban J connectivity index is 1.68. The zero-order chi connectivity index (χ0) is 19.9. The van der Waals surface area contributed by atoms with Crippen LogP contribution in [0.3, 0.4) is 0 Å². The number of carbonyl (C=O) groups excluding carboxylic acids is 1. The smallest absolute Gasteiger partial charge is 0.180 e. The number of fused-ring (bicyclic) bond motifs is 2.